The number of nitrogens with zero attached hydrogens (tertiary/aromatic N) is 1. The van der Waals surface area contributed by atoms with E-state index in [1.54, 1.807) is 12.2 Å². The molecule has 0 saturated heterocycles. The van der Waals surface area contributed by atoms with Crippen molar-refractivity contribution >= 4 is 5.91 Å². The van der Waals surface area contributed by atoms with Gasteiger partial charge >= 0.3 is 5.69 Å². The molecule has 1 aromatic heterocycles. The second-order valence-electron chi connectivity index (χ2n) is 3.68. The predicted molar refractivity (Wildman–Crippen MR) is 59.8 cm³/mol. The SMILES string of the molecule is O=C(n1c(=O)cc[nH]c1=O)C1(O)C=CC=CC1. The van der Waals surface area contributed by atoms with E-state index in [9.17, 15) is 19.5 Å². The Kier molecular flexibility index (Phi) is 2.64. The Morgan fingerprint density at radius 2 is 2.18 bits per heavy atom. The van der Waals surface area contributed by atoms with Crippen molar-refractivity contribution in [1.82, 2.24) is 9.55 Å². The number of H-pyrrole nitrogens is 1. The summed E-state index contributed by atoms with van der Waals surface area (Å²) in [5.74, 6) is -0.954. The largest absolute Gasteiger partial charge is 0.375 e. The van der Waals surface area contributed by atoms with Crippen LogP contribution in [0.25, 0.3) is 0 Å². The van der Waals surface area contributed by atoms with Crippen LogP contribution in [0.5, 0.6) is 0 Å². The number of aliphatic hydroxyl groups is 1. The Bertz CT molecular complexity index is 595. The Balaban J connectivity index is 2.52. The highest BCUT2D eigenvalue weighted by molar-refractivity contribution is 5.89. The van der Waals surface area contributed by atoms with Gasteiger partial charge in [-0.05, 0) is 6.08 Å². The maximum atomic E-state index is 12.0. The molecule has 0 bridgehead atoms. The third-order valence-corrected chi connectivity index (χ3v) is 2.48. The zero-order valence-corrected chi connectivity index (χ0v) is 8.79. The standard InChI is InChI=1S/C11H10N2O4/c14-8-4-7-12-10(16)13(8)9(15)11(17)5-2-1-3-6-11/h1-5,7,17H,6H2,(H,12,16). The highest BCUT2D eigenvalue weighted by Crippen LogP contribution is 2.18. The fourth-order valence-corrected chi connectivity index (χ4v) is 1.58. The van der Waals surface area contributed by atoms with E-state index in [1.807, 2.05) is 0 Å². The Morgan fingerprint density at radius 1 is 1.41 bits per heavy atom. The lowest BCUT2D eigenvalue weighted by Gasteiger charge is -2.22. The van der Waals surface area contributed by atoms with E-state index in [4.69, 9.17) is 0 Å². The van der Waals surface area contributed by atoms with Crippen LogP contribution in [0, 0.1) is 0 Å². The number of aromatic nitrogens is 2. The van der Waals surface area contributed by atoms with Gasteiger partial charge in [0.15, 0.2) is 5.60 Å². The van der Waals surface area contributed by atoms with Gasteiger partial charge in [-0.3, -0.25) is 9.59 Å². The normalized spacial score (nSPS) is 22.6. The monoisotopic (exact) mass is 234 g/mol. The maximum Gasteiger partial charge on any atom is 0.335 e. The zero-order valence-electron chi connectivity index (χ0n) is 8.79. The van der Waals surface area contributed by atoms with Crippen LogP contribution in [0.1, 0.15) is 11.2 Å². The van der Waals surface area contributed by atoms with Crippen LogP contribution in [0.2, 0.25) is 0 Å². The Labute approximate surface area is 95.5 Å². The number of nitrogens with one attached hydrogen (secondary N) is 1. The summed E-state index contributed by atoms with van der Waals surface area (Å²) in [5.41, 5.74) is -3.47. The van der Waals surface area contributed by atoms with Crippen molar-refractivity contribution in [3.05, 3.63) is 57.4 Å². The number of hydrogen-bond donors (Lipinski definition) is 2. The lowest BCUT2D eigenvalue weighted by molar-refractivity contribution is 0.0427. The van der Waals surface area contributed by atoms with Crippen LogP contribution in [0.3, 0.4) is 0 Å². The van der Waals surface area contributed by atoms with Crippen LogP contribution in [-0.4, -0.2) is 26.2 Å². The van der Waals surface area contributed by atoms with Crippen molar-refractivity contribution < 1.29 is 9.90 Å². The molecule has 6 nitrogen and oxygen atoms in total. The first-order valence-electron chi connectivity index (χ1n) is 4.97. The summed E-state index contributed by atoms with van der Waals surface area (Å²) < 4.78 is 0.392. The van der Waals surface area contributed by atoms with Crippen LogP contribution >= 0.6 is 0 Å². The van der Waals surface area contributed by atoms with Crippen LogP contribution in [0.4, 0.5) is 0 Å². The van der Waals surface area contributed by atoms with Gasteiger partial charge in [0.05, 0.1) is 0 Å². The zero-order chi connectivity index (χ0) is 12.5. The topological polar surface area (TPSA) is 92.2 Å². The molecule has 6 heteroatoms. The molecule has 1 aromatic rings. The van der Waals surface area contributed by atoms with Crippen LogP contribution in [0.15, 0.2) is 46.2 Å². The number of hydrogen-bond acceptors (Lipinski definition) is 4. The van der Waals surface area contributed by atoms with Crippen LogP contribution in [-0.2, 0) is 0 Å². The fourth-order valence-electron chi connectivity index (χ4n) is 1.58. The fraction of sp³-hybridized carbons (Fsp3) is 0.182. The highest BCUT2D eigenvalue weighted by Gasteiger charge is 2.35. The number of carbonyl (C=O) groups is 1. The molecule has 88 valence electrons. The van der Waals surface area contributed by atoms with E-state index in [0.29, 0.717) is 4.57 Å². The number of aromatic amines is 1. The van der Waals surface area contributed by atoms with Gasteiger partial charge in [-0.15, -0.1) is 0 Å². The molecule has 1 aliphatic carbocycles. The Hall–Kier alpha value is -2.21. The summed E-state index contributed by atoms with van der Waals surface area (Å²) in [4.78, 5) is 37.0. The van der Waals surface area contributed by atoms with Gasteiger partial charge in [0, 0.05) is 18.7 Å². The van der Waals surface area contributed by atoms with E-state index >= 15 is 0 Å². The third-order valence-electron chi connectivity index (χ3n) is 2.48. The summed E-state index contributed by atoms with van der Waals surface area (Å²) in [5, 5.41) is 10.0. The van der Waals surface area contributed by atoms with Gasteiger partial charge < -0.3 is 10.1 Å². The summed E-state index contributed by atoms with van der Waals surface area (Å²) >= 11 is 0. The van der Waals surface area contributed by atoms with Gasteiger partial charge in [0.25, 0.3) is 11.5 Å². The van der Waals surface area contributed by atoms with E-state index in [0.717, 1.165) is 12.3 Å². The summed E-state index contributed by atoms with van der Waals surface area (Å²) in [6.45, 7) is 0. The minimum Gasteiger partial charge on any atom is -0.375 e. The molecule has 1 heterocycles. The average Bonchev–Trinajstić information content (AvgIpc) is 2.29. The molecular formula is C11H10N2O4. The quantitative estimate of drug-likeness (QED) is 0.680. The van der Waals surface area contributed by atoms with E-state index in [-0.39, 0.29) is 6.42 Å². The minimum absolute atomic E-state index is 0.0309. The second-order valence-corrected chi connectivity index (χ2v) is 3.68. The maximum absolute atomic E-state index is 12.0. The smallest absolute Gasteiger partial charge is 0.335 e. The number of carbonyl (C=O) groups excluding carboxylic acids is 1. The summed E-state index contributed by atoms with van der Waals surface area (Å²) in [6, 6.07) is 1.05. The third kappa shape index (κ3) is 1.90. The van der Waals surface area contributed by atoms with Gasteiger partial charge in [-0.1, -0.05) is 18.2 Å². The van der Waals surface area contributed by atoms with Crippen molar-refractivity contribution in [2.45, 2.75) is 12.0 Å². The summed E-state index contributed by atoms with van der Waals surface area (Å²) in [6.07, 6.45) is 7.18. The predicted octanol–water partition coefficient (Wildman–Crippen LogP) is -0.576. The minimum atomic E-state index is -1.84. The lowest BCUT2D eigenvalue weighted by Crippen LogP contribution is -2.50. The number of allylic oxidation sites excluding steroid dienone is 2. The number of rotatable bonds is 1. The van der Waals surface area contributed by atoms with Gasteiger partial charge in [0.2, 0.25) is 0 Å². The molecule has 0 amide bonds. The molecule has 0 fully saturated rings. The van der Waals surface area contributed by atoms with Crippen molar-refractivity contribution in [2.75, 3.05) is 0 Å². The Morgan fingerprint density at radius 3 is 2.76 bits per heavy atom. The molecule has 1 atom stereocenters. The lowest BCUT2D eigenvalue weighted by atomic mass is 9.94. The molecule has 0 radical (unpaired) electrons. The molecule has 1 aliphatic rings. The first kappa shape index (κ1) is 11.3. The average molecular weight is 234 g/mol. The van der Waals surface area contributed by atoms with Gasteiger partial charge in [-0.2, -0.15) is 4.57 Å². The van der Waals surface area contributed by atoms with Gasteiger partial charge in [-0.25, -0.2) is 4.79 Å². The molecule has 0 saturated carbocycles. The van der Waals surface area contributed by atoms with Crippen molar-refractivity contribution in [3.8, 4) is 0 Å². The first-order chi connectivity index (χ1) is 8.04. The van der Waals surface area contributed by atoms with Crippen molar-refractivity contribution in [2.24, 2.45) is 0 Å². The molecule has 0 aliphatic heterocycles. The van der Waals surface area contributed by atoms with E-state index < -0.39 is 22.8 Å². The molecule has 2 rings (SSSR count). The molecule has 2 N–H and O–H groups in total. The van der Waals surface area contributed by atoms with E-state index in [2.05, 4.69) is 4.98 Å². The first-order valence-corrected chi connectivity index (χ1v) is 4.97. The molecule has 0 spiro atoms. The van der Waals surface area contributed by atoms with Crippen molar-refractivity contribution in [3.63, 3.8) is 0 Å². The molecule has 0 aromatic carbocycles. The molecular weight excluding hydrogens is 224 g/mol. The van der Waals surface area contributed by atoms with Crippen molar-refractivity contribution in [1.29, 1.82) is 0 Å². The second kappa shape index (κ2) is 3.99. The summed E-state index contributed by atoms with van der Waals surface area (Å²) in [7, 11) is 0. The highest BCUT2D eigenvalue weighted by atomic mass is 16.3. The van der Waals surface area contributed by atoms with Crippen LogP contribution < -0.4 is 11.2 Å². The van der Waals surface area contributed by atoms with E-state index in [1.165, 1.54) is 12.2 Å². The molecule has 17 heavy (non-hydrogen) atoms. The molecule has 1 unspecified atom stereocenters. The van der Waals surface area contributed by atoms with Gasteiger partial charge in [0.1, 0.15) is 0 Å².